The normalized spacial score (nSPS) is 15.9. The monoisotopic (exact) mass is 345 g/mol. The van der Waals surface area contributed by atoms with Crippen LogP contribution < -0.4 is 10.0 Å². The van der Waals surface area contributed by atoms with Crippen molar-refractivity contribution >= 4 is 21.5 Å². The Kier molecular flexibility index (Phi) is 5.04. The molecule has 1 saturated carbocycles. The molecule has 0 unspecified atom stereocenters. The summed E-state index contributed by atoms with van der Waals surface area (Å²) >= 11 is 0. The second-order valence-electron chi connectivity index (χ2n) is 6.33. The topological polar surface area (TPSA) is 71.1 Å². The fraction of sp³-hybridized carbons (Fsp3) is 0.389. The molecule has 0 saturated heterocycles. The van der Waals surface area contributed by atoms with Crippen molar-refractivity contribution in [3.8, 4) is 0 Å². The molecule has 6 heteroatoms. The molecule has 3 rings (SSSR count). The number of benzene rings is 1. The number of aromatic nitrogens is 1. The molecule has 0 aliphatic heterocycles. The van der Waals surface area contributed by atoms with E-state index in [2.05, 4.69) is 15.0 Å². The van der Waals surface area contributed by atoms with E-state index in [1.54, 1.807) is 30.5 Å². The van der Waals surface area contributed by atoms with Crippen molar-refractivity contribution in [2.24, 2.45) is 0 Å². The lowest BCUT2D eigenvalue weighted by Crippen LogP contribution is -2.22. The van der Waals surface area contributed by atoms with Gasteiger partial charge in [0.1, 0.15) is 5.82 Å². The number of hydrogen-bond donors (Lipinski definition) is 2. The van der Waals surface area contributed by atoms with Gasteiger partial charge < -0.3 is 5.32 Å². The first-order valence-electron chi connectivity index (χ1n) is 8.35. The number of anilines is 2. The standard InChI is InChI=1S/C18H23N3O2S/c1-14-6-5-9-17(12-14)24(22,23)21-18-11-10-16(13-19-18)20-15-7-3-2-4-8-15/h5-6,9-13,15,20H,2-4,7-8H2,1H3,(H,19,21). The molecule has 128 valence electrons. The van der Waals surface area contributed by atoms with Gasteiger partial charge in [-0.3, -0.25) is 4.72 Å². The third kappa shape index (κ3) is 4.26. The maximum atomic E-state index is 12.4. The van der Waals surface area contributed by atoms with Gasteiger partial charge in [0.15, 0.2) is 0 Å². The molecule has 24 heavy (non-hydrogen) atoms. The van der Waals surface area contributed by atoms with Crippen molar-refractivity contribution in [1.82, 2.24) is 4.98 Å². The zero-order valence-corrected chi connectivity index (χ0v) is 14.6. The number of aryl methyl sites for hydroxylation is 1. The summed E-state index contributed by atoms with van der Waals surface area (Å²) in [4.78, 5) is 4.47. The first-order valence-corrected chi connectivity index (χ1v) is 9.83. The van der Waals surface area contributed by atoms with Crippen molar-refractivity contribution in [3.63, 3.8) is 0 Å². The van der Waals surface area contributed by atoms with Gasteiger partial charge in [0, 0.05) is 6.04 Å². The first kappa shape index (κ1) is 16.8. The van der Waals surface area contributed by atoms with Crippen molar-refractivity contribution in [1.29, 1.82) is 0 Å². The van der Waals surface area contributed by atoms with Gasteiger partial charge in [-0.15, -0.1) is 0 Å². The highest BCUT2D eigenvalue weighted by Crippen LogP contribution is 2.22. The zero-order chi connectivity index (χ0) is 17.0. The van der Waals surface area contributed by atoms with Crippen molar-refractivity contribution < 1.29 is 8.42 Å². The molecule has 0 bridgehead atoms. The van der Waals surface area contributed by atoms with Gasteiger partial charge in [-0.1, -0.05) is 31.4 Å². The predicted octanol–water partition coefficient (Wildman–Crippen LogP) is 3.94. The quantitative estimate of drug-likeness (QED) is 0.861. The van der Waals surface area contributed by atoms with Gasteiger partial charge in [0.2, 0.25) is 0 Å². The van der Waals surface area contributed by atoms with Crippen LogP contribution in [0.4, 0.5) is 11.5 Å². The van der Waals surface area contributed by atoms with E-state index in [4.69, 9.17) is 0 Å². The molecule has 0 radical (unpaired) electrons. The van der Waals surface area contributed by atoms with E-state index in [9.17, 15) is 8.42 Å². The van der Waals surface area contributed by atoms with Gasteiger partial charge >= 0.3 is 0 Å². The average molecular weight is 345 g/mol. The van der Waals surface area contributed by atoms with Crippen LogP contribution in [0.1, 0.15) is 37.7 Å². The summed E-state index contributed by atoms with van der Waals surface area (Å²) in [6, 6.07) is 10.9. The molecule has 1 fully saturated rings. The van der Waals surface area contributed by atoms with Crippen molar-refractivity contribution in [2.75, 3.05) is 10.0 Å². The van der Waals surface area contributed by atoms with Crippen LogP contribution in [0.2, 0.25) is 0 Å². The number of sulfonamides is 1. The summed E-state index contributed by atoms with van der Waals surface area (Å²) in [5, 5.41) is 3.47. The number of nitrogens with one attached hydrogen (secondary N) is 2. The molecule has 1 heterocycles. The average Bonchev–Trinajstić information content (AvgIpc) is 2.57. The van der Waals surface area contributed by atoms with E-state index in [1.165, 1.54) is 32.1 Å². The molecule has 2 aromatic rings. The number of hydrogen-bond acceptors (Lipinski definition) is 4. The van der Waals surface area contributed by atoms with E-state index >= 15 is 0 Å². The maximum Gasteiger partial charge on any atom is 0.263 e. The molecule has 5 nitrogen and oxygen atoms in total. The van der Waals surface area contributed by atoms with Crippen LogP contribution in [0.3, 0.4) is 0 Å². The van der Waals surface area contributed by atoms with E-state index in [0.29, 0.717) is 11.9 Å². The smallest absolute Gasteiger partial charge is 0.263 e. The molecule has 1 aliphatic carbocycles. The van der Waals surface area contributed by atoms with Gasteiger partial charge in [-0.05, 0) is 49.6 Å². The largest absolute Gasteiger partial charge is 0.381 e. The summed E-state index contributed by atoms with van der Waals surface area (Å²) in [5.41, 5.74) is 1.83. The van der Waals surface area contributed by atoms with Gasteiger partial charge in [0.25, 0.3) is 10.0 Å². The van der Waals surface area contributed by atoms with Crippen LogP contribution in [0, 0.1) is 6.92 Å². The van der Waals surface area contributed by atoms with Crippen LogP contribution in [-0.2, 0) is 10.0 Å². The molecule has 1 aliphatic rings. The highest BCUT2D eigenvalue weighted by Gasteiger charge is 2.16. The van der Waals surface area contributed by atoms with Crippen molar-refractivity contribution in [3.05, 3.63) is 48.2 Å². The minimum atomic E-state index is -3.61. The minimum absolute atomic E-state index is 0.244. The highest BCUT2D eigenvalue weighted by atomic mass is 32.2. The van der Waals surface area contributed by atoms with Crippen LogP contribution in [0.5, 0.6) is 0 Å². The predicted molar refractivity (Wildman–Crippen MR) is 96.7 cm³/mol. The second-order valence-corrected chi connectivity index (χ2v) is 8.02. The Hall–Kier alpha value is -2.08. The summed E-state index contributed by atoms with van der Waals surface area (Å²) in [6.07, 6.45) is 7.89. The highest BCUT2D eigenvalue weighted by molar-refractivity contribution is 7.92. The molecule has 2 N–H and O–H groups in total. The van der Waals surface area contributed by atoms with Gasteiger partial charge in [-0.25, -0.2) is 13.4 Å². The minimum Gasteiger partial charge on any atom is -0.381 e. The number of nitrogens with zero attached hydrogens (tertiary/aromatic N) is 1. The zero-order valence-electron chi connectivity index (χ0n) is 13.8. The Morgan fingerprint density at radius 1 is 1.08 bits per heavy atom. The summed E-state index contributed by atoms with van der Waals surface area (Å²) in [6.45, 7) is 1.86. The first-order chi connectivity index (χ1) is 11.5. The Morgan fingerprint density at radius 2 is 1.88 bits per heavy atom. The number of rotatable bonds is 5. The lowest BCUT2D eigenvalue weighted by molar-refractivity contribution is 0.462. The van der Waals surface area contributed by atoms with Crippen LogP contribution >= 0.6 is 0 Å². The Balaban J connectivity index is 1.67. The molecule has 0 spiro atoms. The molecule has 0 atom stereocenters. The molecule has 0 amide bonds. The lowest BCUT2D eigenvalue weighted by Gasteiger charge is -2.23. The second kappa shape index (κ2) is 7.21. The Morgan fingerprint density at radius 3 is 2.54 bits per heavy atom. The van der Waals surface area contributed by atoms with Gasteiger partial charge in [0.05, 0.1) is 16.8 Å². The Bertz CT molecular complexity index is 782. The van der Waals surface area contributed by atoms with Gasteiger partial charge in [-0.2, -0.15) is 0 Å². The lowest BCUT2D eigenvalue weighted by atomic mass is 9.95. The van der Waals surface area contributed by atoms with Crippen molar-refractivity contribution in [2.45, 2.75) is 50.0 Å². The maximum absolute atomic E-state index is 12.4. The Labute approximate surface area is 143 Å². The number of pyridine rings is 1. The van der Waals surface area contributed by atoms with E-state index in [1.807, 2.05) is 19.1 Å². The molecule has 1 aromatic heterocycles. The molecular formula is C18H23N3O2S. The fourth-order valence-corrected chi connectivity index (χ4v) is 4.11. The third-order valence-corrected chi connectivity index (χ3v) is 5.63. The summed E-state index contributed by atoms with van der Waals surface area (Å²) in [7, 11) is -3.61. The third-order valence-electron chi connectivity index (χ3n) is 4.28. The van der Waals surface area contributed by atoms with E-state index < -0.39 is 10.0 Å². The summed E-state index contributed by atoms with van der Waals surface area (Å²) in [5.74, 6) is 0.325. The molecular weight excluding hydrogens is 322 g/mol. The van der Waals surface area contributed by atoms with Crippen LogP contribution in [0.15, 0.2) is 47.5 Å². The van der Waals surface area contributed by atoms with E-state index in [0.717, 1.165) is 11.3 Å². The molecule has 1 aromatic carbocycles. The van der Waals surface area contributed by atoms with E-state index in [-0.39, 0.29) is 4.90 Å². The SMILES string of the molecule is Cc1cccc(S(=O)(=O)Nc2ccc(NC3CCCCC3)cn2)c1. The fourth-order valence-electron chi connectivity index (χ4n) is 3.00. The summed E-state index contributed by atoms with van der Waals surface area (Å²) < 4.78 is 27.3. The van der Waals surface area contributed by atoms with Crippen LogP contribution in [0.25, 0.3) is 0 Å². The van der Waals surface area contributed by atoms with Crippen LogP contribution in [-0.4, -0.2) is 19.4 Å².